The first-order valence-corrected chi connectivity index (χ1v) is 8.14. The number of rotatable bonds is 9. The maximum absolute atomic E-state index is 12.1. The lowest BCUT2D eigenvalue weighted by Crippen LogP contribution is -2.26. The number of carbonyl (C=O) groups excluding carboxylic acids is 2. The number of aliphatic hydroxyl groups is 1. The Balaban J connectivity index is 2.60. The zero-order chi connectivity index (χ0) is 19.1. The molecule has 0 atom stereocenters. The van der Waals surface area contributed by atoms with Crippen molar-refractivity contribution in [3.63, 3.8) is 0 Å². The summed E-state index contributed by atoms with van der Waals surface area (Å²) >= 11 is 0. The summed E-state index contributed by atoms with van der Waals surface area (Å²) in [5.74, 6) is -0.951. The third kappa shape index (κ3) is 7.23. The molecule has 1 aromatic carbocycles. The van der Waals surface area contributed by atoms with E-state index in [0.717, 1.165) is 0 Å². The van der Waals surface area contributed by atoms with E-state index in [1.54, 1.807) is 21.0 Å². The summed E-state index contributed by atoms with van der Waals surface area (Å²) in [6, 6.07) is 6.09. The molecule has 1 N–H and O–H groups in total. The summed E-state index contributed by atoms with van der Waals surface area (Å²) in [7, 11) is 1.60. The van der Waals surface area contributed by atoms with Gasteiger partial charge in [0.15, 0.2) is 0 Å². The molecule has 0 aromatic heterocycles. The molecule has 0 heterocycles. The summed E-state index contributed by atoms with van der Waals surface area (Å²) in [6.07, 6.45) is 0. The first-order chi connectivity index (χ1) is 11.6. The minimum absolute atomic E-state index is 0.0789. The molecule has 25 heavy (non-hydrogen) atoms. The molecule has 0 unspecified atom stereocenters. The van der Waals surface area contributed by atoms with Crippen molar-refractivity contribution in [3.8, 4) is 0 Å². The van der Waals surface area contributed by atoms with Gasteiger partial charge in [-0.15, -0.1) is 0 Å². The predicted octanol–water partition coefficient (Wildman–Crippen LogP) is 2.69. The molecule has 0 saturated heterocycles. The van der Waals surface area contributed by atoms with Crippen LogP contribution in [-0.2, 0) is 14.2 Å². The van der Waals surface area contributed by atoms with E-state index in [0.29, 0.717) is 17.7 Å². The van der Waals surface area contributed by atoms with Crippen LogP contribution in [-0.4, -0.2) is 50.6 Å². The molecular formula is C19H28O6. The van der Waals surface area contributed by atoms with Gasteiger partial charge < -0.3 is 19.3 Å². The minimum atomic E-state index is -0.498. The topological polar surface area (TPSA) is 82.1 Å². The molecule has 0 spiro atoms. The molecular weight excluding hydrogens is 324 g/mol. The maximum atomic E-state index is 12.1. The number of benzene rings is 1. The fourth-order valence-electron chi connectivity index (χ4n) is 1.91. The SMILES string of the molecule is COCC(C)(C)COC(=O)c1ccc(C(=O)OCC(C)(C)CO)cc1. The molecule has 0 amide bonds. The van der Waals surface area contributed by atoms with E-state index < -0.39 is 17.4 Å². The number of ether oxygens (including phenoxy) is 3. The van der Waals surface area contributed by atoms with Crippen molar-refractivity contribution in [2.45, 2.75) is 27.7 Å². The van der Waals surface area contributed by atoms with Crippen molar-refractivity contribution in [2.24, 2.45) is 10.8 Å². The van der Waals surface area contributed by atoms with E-state index in [1.165, 1.54) is 24.3 Å². The van der Waals surface area contributed by atoms with E-state index in [2.05, 4.69) is 0 Å². The summed E-state index contributed by atoms with van der Waals surface area (Å²) in [5.41, 5.74) is -0.0623. The molecule has 6 heteroatoms. The first-order valence-electron chi connectivity index (χ1n) is 8.14. The highest BCUT2D eigenvalue weighted by atomic mass is 16.5. The van der Waals surface area contributed by atoms with Crippen LogP contribution in [0.25, 0.3) is 0 Å². The fourth-order valence-corrected chi connectivity index (χ4v) is 1.91. The monoisotopic (exact) mass is 352 g/mol. The Morgan fingerprint density at radius 1 is 0.840 bits per heavy atom. The second kappa shape index (κ2) is 8.97. The highest BCUT2D eigenvalue weighted by Crippen LogP contribution is 2.18. The van der Waals surface area contributed by atoms with Gasteiger partial charge in [-0.3, -0.25) is 0 Å². The third-order valence-electron chi connectivity index (χ3n) is 3.51. The molecule has 6 nitrogen and oxygen atoms in total. The third-order valence-corrected chi connectivity index (χ3v) is 3.51. The average molecular weight is 352 g/mol. The molecule has 0 saturated carbocycles. The van der Waals surface area contributed by atoms with Crippen molar-refractivity contribution < 1.29 is 28.9 Å². The van der Waals surface area contributed by atoms with Gasteiger partial charge in [-0.25, -0.2) is 9.59 Å². The van der Waals surface area contributed by atoms with Crippen LogP contribution in [0.2, 0.25) is 0 Å². The Morgan fingerprint density at radius 3 is 1.60 bits per heavy atom. The van der Waals surface area contributed by atoms with E-state index in [4.69, 9.17) is 19.3 Å². The van der Waals surface area contributed by atoms with E-state index in [-0.39, 0.29) is 25.2 Å². The van der Waals surface area contributed by atoms with Crippen molar-refractivity contribution in [1.82, 2.24) is 0 Å². The second-order valence-electron chi connectivity index (χ2n) is 7.65. The molecule has 0 aliphatic heterocycles. The van der Waals surface area contributed by atoms with Crippen LogP contribution in [0.5, 0.6) is 0 Å². The van der Waals surface area contributed by atoms with Gasteiger partial charge in [-0.05, 0) is 24.3 Å². The smallest absolute Gasteiger partial charge is 0.338 e. The Labute approximate surface area is 149 Å². The van der Waals surface area contributed by atoms with Crippen molar-refractivity contribution in [3.05, 3.63) is 35.4 Å². The van der Waals surface area contributed by atoms with Gasteiger partial charge in [-0.2, -0.15) is 0 Å². The van der Waals surface area contributed by atoms with Crippen molar-refractivity contribution >= 4 is 11.9 Å². The van der Waals surface area contributed by atoms with E-state index in [1.807, 2.05) is 13.8 Å². The van der Waals surface area contributed by atoms with Crippen LogP contribution in [0.3, 0.4) is 0 Å². The zero-order valence-electron chi connectivity index (χ0n) is 15.6. The number of methoxy groups -OCH3 is 1. The predicted molar refractivity (Wildman–Crippen MR) is 93.5 cm³/mol. The lowest BCUT2D eigenvalue weighted by molar-refractivity contribution is 0.0135. The van der Waals surface area contributed by atoms with Crippen LogP contribution in [0.15, 0.2) is 24.3 Å². The summed E-state index contributed by atoms with van der Waals surface area (Å²) in [5, 5.41) is 9.17. The molecule has 0 fully saturated rings. The van der Waals surface area contributed by atoms with Gasteiger partial charge in [0.25, 0.3) is 0 Å². The Bertz CT molecular complexity index is 574. The number of hydrogen-bond acceptors (Lipinski definition) is 6. The molecule has 0 radical (unpaired) electrons. The quantitative estimate of drug-likeness (QED) is 0.688. The van der Waals surface area contributed by atoms with E-state index in [9.17, 15) is 9.59 Å². The second-order valence-corrected chi connectivity index (χ2v) is 7.65. The molecule has 0 aliphatic rings. The average Bonchev–Trinajstić information content (AvgIpc) is 2.58. The van der Waals surface area contributed by atoms with Crippen LogP contribution >= 0.6 is 0 Å². The van der Waals surface area contributed by atoms with Gasteiger partial charge in [0.1, 0.15) is 0 Å². The van der Waals surface area contributed by atoms with Crippen LogP contribution in [0, 0.1) is 10.8 Å². The number of carbonyl (C=O) groups is 2. The van der Waals surface area contributed by atoms with Crippen molar-refractivity contribution in [1.29, 1.82) is 0 Å². The van der Waals surface area contributed by atoms with Gasteiger partial charge in [0, 0.05) is 17.9 Å². The fraction of sp³-hybridized carbons (Fsp3) is 0.579. The highest BCUT2D eigenvalue weighted by Gasteiger charge is 2.22. The molecule has 1 rings (SSSR count). The number of esters is 2. The van der Waals surface area contributed by atoms with Crippen LogP contribution in [0.4, 0.5) is 0 Å². The Kier molecular flexibility index (Phi) is 7.58. The first kappa shape index (κ1) is 21.1. The molecule has 1 aromatic rings. The van der Waals surface area contributed by atoms with Gasteiger partial charge >= 0.3 is 11.9 Å². The lowest BCUT2D eigenvalue weighted by atomic mass is 9.96. The number of aliphatic hydroxyl groups excluding tert-OH is 1. The standard InChI is InChI=1S/C19H28O6/c1-18(2,10-20)12-24-16(21)14-6-8-15(9-7-14)17(22)25-13-19(3,4)11-23-5/h6-9,20H,10-13H2,1-5H3. The largest absolute Gasteiger partial charge is 0.461 e. The van der Waals surface area contributed by atoms with E-state index >= 15 is 0 Å². The molecule has 140 valence electrons. The summed E-state index contributed by atoms with van der Waals surface area (Å²) in [6.45, 7) is 8.22. The Morgan fingerprint density at radius 2 is 1.24 bits per heavy atom. The van der Waals surface area contributed by atoms with Gasteiger partial charge in [0.2, 0.25) is 0 Å². The van der Waals surface area contributed by atoms with Crippen molar-refractivity contribution in [2.75, 3.05) is 33.5 Å². The minimum Gasteiger partial charge on any atom is -0.461 e. The maximum Gasteiger partial charge on any atom is 0.338 e. The lowest BCUT2D eigenvalue weighted by Gasteiger charge is -2.22. The Hall–Kier alpha value is -1.92. The highest BCUT2D eigenvalue weighted by molar-refractivity contribution is 5.93. The summed E-state index contributed by atoms with van der Waals surface area (Å²) < 4.78 is 15.5. The molecule has 0 aliphatic carbocycles. The molecule has 0 bridgehead atoms. The van der Waals surface area contributed by atoms with Crippen LogP contribution in [0.1, 0.15) is 48.4 Å². The normalized spacial score (nSPS) is 11.9. The zero-order valence-corrected chi connectivity index (χ0v) is 15.6. The summed E-state index contributed by atoms with van der Waals surface area (Å²) in [4.78, 5) is 24.0. The number of hydrogen-bond donors (Lipinski definition) is 1. The van der Waals surface area contributed by atoms with Gasteiger partial charge in [0.05, 0.1) is 37.6 Å². The van der Waals surface area contributed by atoms with Gasteiger partial charge in [-0.1, -0.05) is 27.7 Å². The van der Waals surface area contributed by atoms with Crippen LogP contribution < -0.4 is 0 Å².